The summed E-state index contributed by atoms with van der Waals surface area (Å²) in [6.45, 7) is 4.61. The van der Waals surface area contributed by atoms with Crippen LogP contribution in [0.25, 0.3) is 0 Å². The van der Waals surface area contributed by atoms with Gasteiger partial charge in [-0.05, 0) is 49.4 Å². The van der Waals surface area contributed by atoms with Crippen molar-refractivity contribution in [1.82, 2.24) is 5.32 Å². The van der Waals surface area contributed by atoms with E-state index in [4.69, 9.17) is 10.5 Å². The van der Waals surface area contributed by atoms with Gasteiger partial charge >= 0.3 is 0 Å². The van der Waals surface area contributed by atoms with Crippen LogP contribution >= 0.6 is 0 Å². The Bertz CT molecular complexity index is 479. The minimum absolute atomic E-state index is 0.106. The third-order valence-electron chi connectivity index (χ3n) is 3.85. The molecule has 1 aromatic rings. The van der Waals surface area contributed by atoms with Gasteiger partial charge in [0.25, 0.3) is 0 Å². The number of ether oxygens (including phenoxy) is 1. The fourth-order valence-corrected chi connectivity index (χ4v) is 2.46. The highest BCUT2D eigenvalue weighted by atomic mass is 16.5. The van der Waals surface area contributed by atoms with E-state index in [-0.39, 0.29) is 17.9 Å². The van der Waals surface area contributed by atoms with Gasteiger partial charge < -0.3 is 15.8 Å². The molecule has 0 spiro atoms. The lowest BCUT2D eigenvalue weighted by molar-refractivity contribution is -0.128. The molecule has 0 heterocycles. The van der Waals surface area contributed by atoms with Gasteiger partial charge in [-0.1, -0.05) is 6.07 Å². The van der Waals surface area contributed by atoms with Gasteiger partial charge in [-0.25, -0.2) is 0 Å². The van der Waals surface area contributed by atoms with Crippen LogP contribution in [0.2, 0.25) is 0 Å². The van der Waals surface area contributed by atoms with Gasteiger partial charge in [0.1, 0.15) is 5.75 Å². The van der Waals surface area contributed by atoms with Crippen LogP contribution in [0.1, 0.15) is 29.5 Å². The molecular formula is C15H22N2O2. The van der Waals surface area contributed by atoms with Crippen molar-refractivity contribution in [2.45, 2.75) is 39.3 Å². The fraction of sp³-hybridized carbons (Fsp3) is 0.533. The Labute approximate surface area is 114 Å². The van der Waals surface area contributed by atoms with Crippen molar-refractivity contribution in [2.75, 3.05) is 7.11 Å². The first-order valence-corrected chi connectivity index (χ1v) is 6.68. The predicted octanol–water partition coefficient (Wildman–Crippen LogP) is 1.67. The Morgan fingerprint density at radius 1 is 1.37 bits per heavy atom. The maximum Gasteiger partial charge on any atom is 0.223 e. The highest BCUT2D eigenvalue weighted by molar-refractivity contribution is 5.79. The number of methoxy groups -OCH3 is 1. The lowest BCUT2D eigenvalue weighted by Gasteiger charge is -2.31. The predicted molar refractivity (Wildman–Crippen MR) is 75.0 cm³/mol. The number of carbonyl (C=O) groups is 1. The van der Waals surface area contributed by atoms with Crippen LogP contribution in [0.4, 0.5) is 0 Å². The van der Waals surface area contributed by atoms with Crippen LogP contribution in [0, 0.1) is 19.8 Å². The minimum Gasteiger partial charge on any atom is -0.496 e. The van der Waals surface area contributed by atoms with Crippen LogP contribution in [-0.2, 0) is 11.3 Å². The Balaban J connectivity index is 1.96. The molecule has 1 saturated carbocycles. The topological polar surface area (TPSA) is 64.3 Å². The van der Waals surface area contributed by atoms with Gasteiger partial charge in [0, 0.05) is 18.5 Å². The number of hydrogen-bond donors (Lipinski definition) is 2. The second-order valence-electron chi connectivity index (χ2n) is 5.39. The molecule has 0 atom stereocenters. The van der Waals surface area contributed by atoms with Crippen molar-refractivity contribution >= 4 is 5.91 Å². The molecule has 0 radical (unpaired) electrons. The zero-order chi connectivity index (χ0) is 14.0. The molecule has 3 N–H and O–H groups in total. The van der Waals surface area contributed by atoms with Crippen LogP contribution < -0.4 is 15.8 Å². The van der Waals surface area contributed by atoms with Crippen molar-refractivity contribution in [3.05, 3.63) is 28.8 Å². The number of benzene rings is 1. The number of rotatable bonds is 4. The van der Waals surface area contributed by atoms with Crippen molar-refractivity contribution in [3.63, 3.8) is 0 Å². The maximum atomic E-state index is 11.9. The third-order valence-corrected chi connectivity index (χ3v) is 3.85. The number of amides is 1. The summed E-state index contributed by atoms with van der Waals surface area (Å²) in [7, 11) is 1.67. The van der Waals surface area contributed by atoms with E-state index >= 15 is 0 Å². The Morgan fingerprint density at radius 3 is 2.63 bits per heavy atom. The fourth-order valence-electron chi connectivity index (χ4n) is 2.46. The first kappa shape index (κ1) is 13.9. The van der Waals surface area contributed by atoms with E-state index in [9.17, 15) is 4.79 Å². The summed E-state index contributed by atoms with van der Waals surface area (Å²) in [6, 6.07) is 4.29. The van der Waals surface area contributed by atoms with Crippen LogP contribution in [-0.4, -0.2) is 19.1 Å². The average Bonchev–Trinajstić information content (AvgIpc) is 2.35. The van der Waals surface area contributed by atoms with Crippen molar-refractivity contribution in [1.29, 1.82) is 0 Å². The summed E-state index contributed by atoms with van der Waals surface area (Å²) >= 11 is 0. The monoisotopic (exact) mass is 262 g/mol. The molecule has 0 aromatic heterocycles. The lowest BCUT2D eigenvalue weighted by Crippen LogP contribution is -2.44. The molecule has 1 aromatic carbocycles. The molecule has 1 amide bonds. The van der Waals surface area contributed by atoms with Gasteiger partial charge in [0.15, 0.2) is 0 Å². The molecule has 0 bridgehead atoms. The lowest BCUT2D eigenvalue weighted by atomic mass is 9.80. The first-order valence-electron chi connectivity index (χ1n) is 6.68. The molecule has 1 aliphatic rings. The summed E-state index contributed by atoms with van der Waals surface area (Å²) < 4.78 is 5.28. The van der Waals surface area contributed by atoms with Crippen molar-refractivity contribution < 1.29 is 9.53 Å². The van der Waals surface area contributed by atoms with E-state index in [1.807, 2.05) is 19.9 Å². The number of carbonyl (C=O) groups excluding carboxylic acids is 1. The highest BCUT2D eigenvalue weighted by Crippen LogP contribution is 2.26. The molecule has 104 valence electrons. The van der Waals surface area contributed by atoms with Crippen molar-refractivity contribution in [3.8, 4) is 5.75 Å². The molecule has 1 aliphatic carbocycles. The van der Waals surface area contributed by atoms with E-state index in [0.717, 1.165) is 35.3 Å². The number of nitrogens with one attached hydrogen (secondary N) is 1. The molecular weight excluding hydrogens is 240 g/mol. The minimum atomic E-state index is 0.106. The third kappa shape index (κ3) is 3.07. The average molecular weight is 262 g/mol. The van der Waals surface area contributed by atoms with E-state index < -0.39 is 0 Å². The zero-order valence-electron chi connectivity index (χ0n) is 11.8. The van der Waals surface area contributed by atoms with E-state index in [1.54, 1.807) is 7.11 Å². The zero-order valence-corrected chi connectivity index (χ0v) is 11.8. The Hall–Kier alpha value is -1.55. The van der Waals surface area contributed by atoms with E-state index in [2.05, 4.69) is 11.4 Å². The molecule has 1 fully saturated rings. The second kappa shape index (κ2) is 5.61. The molecule has 0 unspecified atom stereocenters. The van der Waals surface area contributed by atoms with Crippen LogP contribution in [0.3, 0.4) is 0 Å². The molecule has 0 aliphatic heterocycles. The standard InChI is InChI=1S/C15H22N2O2/c1-9-5-14(19-3)10(2)4-12(9)8-17-15(18)11-6-13(16)7-11/h4-5,11,13H,6-8,16H2,1-3H3,(H,17,18). The summed E-state index contributed by atoms with van der Waals surface area (Å²) in [5, 5.41) is 2.99. The first-order chi connectivity index (χ1) is 9.01. The smallest absolute Gasteiger partial charge is 0.223 e. The second-order valence-corrected chi connectivity index (χ2v) is 5.39. The number of nitrogens with two attached hydrogens (primary N) is 1. The van der Waals surface area contributed by atoms with Gasteiger partial charge in [-0.3, -0.25) is 4.79 Å². The van der Waals surface area contributed by atoms with Gasteiger partial charge in [0.05, 0.1) is 7.11 Å². The molecule has 2 rings (SSSR count). The molecule has 4 heteroatoms. The van der Waals surface area contributed by atoms with E-state index in [1.165, 1.54) is 0 Å². The van der Waals surface area contributed by atoms with Gasteiger partial charge in [-0.15, -0.1) is 0 Å². The summed E-state index contributed by atoms with van der Waals surface area (Å²) in [4.78, 5) is 11.9. The van der Waals surface area contributed by atoms with E-state index in [0.29, 0.717) is 6.54 Å². The maximum absolute atomic E-state index is 11.9. The Morgan fingerprint density at radius 2 is 2.05 bits per heavy atom. The molecule has 19 heavy (non-hydrogen) atoms. The van der Waals surface area contributed by atoms with Crippen LogP contribution in [0.5, 0.6) is 5.75 Å². The van der Waals surface area contributed by atoms with Gasteiger partial charge in [0.2, 0.25) is 5.91 Å². The molecule has 4 nitrogen and oxygen atoms in total. The summed E-state index contributed by atoms with van der Waals surface area (Å²) in [6.07, 6.45) is 1.62. The van der Waals surface area contributed by atoms with Crippen molar-refractivity contribution in [2.24, 2.45) is 11.7 Å². The number of hydrogen-bond acceptors (Lipinski definition) is 3. The van der Waals surface area contributed by atoms with Crippen LogP contribution in [0.15, 0.2) is 12.1 Å². The summed E-state index contributed by atoms with van der Waals surface area (Å²) in [5.41, 5.74) is 9.05. The normalized spacial score (nSPS) is 21.7. The number of aryl methyl sites for hydroxylation is 2. The quantitative estimate of drug-likeness (QED) is 0.867. The Kier molecular flexibility index (Phi) is 4.10. The SMILES string of the molecule is COc1cc(C)c(CNC(=O)C2CC(N)C2)cc1C. The highest BCUT2D eigenvalue weighted by Gasteiger charge is 2.31. The molecule has 0 saturated heterocycles. The van der Waals surface area contributed by atoms with Gasteiger partial charge in [-0.2, -0.15) is 0 Å². The largest absolute Gasteiger partial charge is 0.496 e. The summed E-state index contributed by atoms with van der Waals surface area (Å²) in [5.74, 6) is 1.11.